The van der Waals surface area contributed by atoms with E-state index in [0.29, 0.717) is 0 Å². The standard InChI is InChI=1S/C17H38N.C3H9N.2BrH/c1-5-6-7-8-9-10-11-12-13-14-15-16-17-18(2,3)4;1-4(2)3;;/h5-17H2,1-4H3;1-3H3;2*1H/q+1;;;/p-1. The Hall–Kier alpha value is 0.880. The topological polar surface area (TPSA) is 4.44 Å². The number of unbranched alkanes of at least 4 members (excludes halogenated alkanes) is 11. The van der Waals surface area contributed by atoms with Gasteiger partial charge in [0.25, 0.3) is 0 Å². The molecule has 0 atom stereocenters. The van der Waals surface area contributed by atoms with E-state index >= 15 is 0 Å². The van der Waals surface area contributed by atoms with E-state index in [1.54, 1.807) is 0 Å². The highest BCUT2D eigenvalue weighted by Crippen LogP contribution is 2.12. The van der Waals surface area contributed by atoms with Crippen LogP contribution in [0, 0.1) is 0 Å². The summed E-state index contributed by atoms with van der Waals surface area (Å²) in [5.41, 5.74) is 0. The van der Waals surface area contributed by atoms with Crippen LogP contribution >= 0.6 is 0 Å². The molecule has 4 heteroatoms. The van der Waals surface area contributed by atoms with Crippen molar-refractivity contribution in [3.05, 3.63) is 0 Å². The highest BCUT2D eigenvalue weighted by molar-refractivity contribution is 4.48. The molecule has 0 aromatic carbocycles. The van der Waals surface area contributed by atoms with Crippen LogP contribution in [0.4, 0.5) is 0 Å². The van der Waals surface area contributed by atoms with Crippen molar-refractivity contribution in [3.8, 4) is 0 Å². The third-order valence-corrected chi connectivity index (χ3v) is 3.68. The molecule has 0 bridgehead atoms. The van der Waals surface area contributed by atoms with E-state index in [9.17, 15) is 0 Å². The van der Waals surface area contributed by atoms with Gasteiger partial charge in [0.05, 0.1) is 48.8 Å². The van der Waals surface area contributed by atoms with Crippen LogP contribution in [-0.4, -0.2) is 53.3 Å². The van der Waals surface area contributed by atoms with Gasteiger partial charge in [-0.2, -0.15) is 0 Å². The van der Waals surface area contributed by atoms with Crippen molar-refractivity contribution in [1.82, 2.24) is 0 Å². The molecule has 0 heterocycles. The van der Waals surface area contributed by atoms with Crippen LogP contribution in [0.5, 0.6) is 0 Å². The van der Waals surface area contributed by atoms with Gasteiger partial charge in [-0.3, -0.25) is 0 Å². The third-order valence-electron chi connectivity index (χ3n) is 3.68. The van der Waals surface area contributed by atoms with Crippen LogP contribution in [0.3, 0.4) is 0 Å². The summed E-state index contributed by atoms with van der Waals surface area (Å²) >= 11 is 0. The molecule has 1 N–H and O–H groups in total. The SMILES string of the molecule is CCCCCCCCCCCCCC[N+](C)(C)C.C[NH+](C)C.[Br-].[Br-]. The molecule has 0 fully saturated rings. The van der Waals surface area contributed by atoms with Gasteiger partial charge in [0, 0.05) is 0 Å². The average molecular weight is 476 g/mol. The molecule has 2 nitrogen and oxygen atoms in total. The molecule has 0 rings (SSSR count). The highest BCUT2D eigenvalue weighted by Gasteiger charge is 2.04. The van der Waals surface area contributed by atoms with Crippen LogP contribution in [-0.2, 0) is 0 Å². The Morgan fingerprint density at radius 3 is 1.04 bits per heavy atom. The van der Waals surface area contributed by atoms with Crippen molar-refractivity contribution in [2.45, 2.75) is 84.0 Å². The fraction of sp³-hybridized carbons (Fsp3) is 1.00. The molecule has 24 heavy (non-hydrogen) atoms. The minimum Gasteiger partial charge on any atom is -1.00 e. The summed E-state index contributed by atoms with van der Waals surface area (Å²) in [7, 11) is 13.1. The summed E-state index contributed by atoms with van der Waals surface area (Å²) in [5, 5.41) is 0. The number of nitrogens with one attached hydrogen (secondary N) is 1. The second-order valence-corrected chi connectivity index (χ2v) is 8.40. The van der Waals surface area contributed by atoms with Gasteiger partial charge in [-0.25, -0.2) is 0 Å². The maximum absolute atomic E-state index is 2.29. The van der Waals surface area contributed by atoms with Crippen molar-refractivity contribution >= 4 is 0 Å². The summed E-state index contributed by atoms with van der Waals surface area (Å²) in [6, 6.07) is 0. The summed E-state index contributed by atoms with van der Waals surface area (Å²) < 4.78 is 1.12. The average Bonchev–Trinajstić information content (AvgIpc) is 2.38. The molecular formula is C20H48Br2N2. The molecule has 0 saturated heterocycles. The maximum Gasteiger partial charge on any atom is 0.0780 e. The lowest BCUT2D eigenvalue weighted by Gasteiger charge is -2.23. The Balaban J connectivity index is -0.000000298. The van der Waals surface area contributed by atoms with Crippen molar-refractivity contribution in [2.24, 2.45) is 0 Å². The van der Waals surface area contributed by atoms with Gasteiger partial charge in [-0.1, -0.05) is 71.1 Å². The Kier molecular flexibility index (Phi) is 32.4. The molecule has 152 valence electrons. The third kappa shape index (κ3) is 43.4. The van der Waals surface area contributed by atoms with Gasteiger partial charge in [-0.15, -0.1) is 0 Å². The zero-order valence-corrected chi connectivity index (χ0v) is 21.1. The quantitative estimate of drug-likeness (QED) is 0.236. The predicted octanol–water partition coefficient (Wildman–Crippen LogP) is -1.84. The Bertz CT molecular complexity index is 202. The predicted molar refractivity (Wildman–Crippen MR) is 103 cm³/mol. The summed E-state index contributed by atoms with van der Waals surface area (Å²) in [6.45, 7) is 3.62. The number of quaternary nitrogens is 2. The largest absolute Gasteiger partial charge is 1.00 e. The van der Waals surface area contributed by atoms with Gasteiger partial charge in [0.1, 0.15) is 0 Å². The molecule has 0 radical (unpaired) electrons. The van der Waals surface area contributed by atoms with E-state index in [1.165, 1.54) is 88.5 Å². The summed E-state index contributed by atoms with van der Waals surface area (Å²) in [6.07, 6.45) is 17.4. The molecule has 0 aromatic rings. The fourth-order valence-corrected chi connectivity index (χ4v) is 2.43. The van der Waals surface area contributed by atoms with Gasteiger partial charge in [0.15, 0.2) is 0 Å². The fourth-order valence-electron chi connectivity index (χ4n) is 2.43. The second kappa shape index (κ2) is 23.9. The lowest BCUT2D eigenvalue weighted by atomic mass is 10.1. The van der Waals surface area contributed by atoms with E-state index in [0.717, 1.165) is 4.48 Å². The molecule has 0 aliphatic rings. The van der Waals surface area contributed by atoms with Crippen LogP contribution in [0.25, 0.3) is 0 Å². The highest BCUT2D eigenvalue weighted by atomic mass is 79.9. The smallest absolute Gasteiger partial charge is 0.0780 e. The molecule has 0 saturated carbocycles. The van der Waals surface area contributed by atoms with E-state index in [-0.39, 0.29) is 34.0 Å². The monoisotopic (exact) mass is 474 g/mol. The molecular weight excluding hydrogens is 428 g/mol. The van der Waals surface area contributed by atoms with E-state index in [4.69, 9.17) is 0 Å². The first-order valence-electron chi connectivity index (χ1n) is 9.86. The number of hydrogen-bond acceptors (Lipinski definition) is 0. The van der Waals surface area contributed by atoms with Gasteiger partial charge < -0.3 is 43.3 Å². The van der Waals surface area contributed by atoms with E-state index < -0.39 is 0 Å². The Morgan fingerprint density at radius 2 is 0.792 bits per heavy atom. The zero-order valence-electron chi connectivity index (χ0n) is 17.9. The normalized spacial score (nSPS) is 10.5. The zero-order chi connectivity index (χ0) is 17.3. The second-order valence-electron chi connectivity index (χ2n) is 8.40. The van der Waals surface area contributed by atoms with Gasteiger partial charge in [0.2, 0.25) is 0 Å². The van der Waals surface area contributed by atoms with E-state index in [2.05, 4.69) is 49.2 Å². The van der Waals surface area contributed by atoms with E-state index in [1.807, 2.05) is 0 Å². The van der Waals surface area contributed by atoms with Crippen molar-refractivity contribution < 1.29 is 43.3 Å². The molecule has 0 spiro atoms. The Labute approximate surface area is 175 Å². The summed E-state index contributed by atoms with van der Waals surface area (Å²) in [4.78, 5) is 1.42. The van der Waals surface area contributed by atoms with Crippen LogP contribution in [0.15, 0.2) is 0 Å². The maximum atomic E-state index is 2.29. The van der Waals surface area contributed by atoms with Crippen molar-refractivity contribution in [1.29, 1.82) is 0 Å². The number of hydrogen-bond donors (Lipinski definition) is 1. The number of rotatable bonds is 13. The van der Waals surface area contributed by atoms with Crippen LogP contribution in [0.2, 0.25) is 0 Å². The molecule has 0 aromatic heterocycles. The van der Waals surface area contributed by atoms with Crippen LogP contribution < -0.4 is 38.9 Å². The number of halogens is 2. The molecule has 0 aliphatic carbocycles. The first-order valence-corrected chi connectivity index (χ1v) is 9.86. The van der Waals surface area contributed by atoms with Crippen LogP contribution in [0.1, 0.15) is 84.0 Å². The van der Waals surface area contributed by atoms with Gasteiger partial charge >= 0.3 is 0 Å². The molecule has 0 unspecified atom stereocenters. The lowest BCUT2D eigenvalue weighted by molar-refractivity contribution is -0.870. The minimum absolute atomic E-state index is 0. The first kappa shape index (κ1) is 32.5. The first-order chi connectivity index (χ1) is 10.3. The molecule has 0 aliphatic heterocycles. The van der Waals surface area contributed by atoms with Gasteiger partial charge in [-0.05, 0) is 12.8 Å². The lowest BCUT2D eigenvalue weighted by Crippen LogP contribution is -3.02. The van der Waals surface area contributed by atoms with Crippen molar-refractivity contribution in [3.63, 3.8) is 0 Å². The number of nitrogens with zero attached hydrogens (tertiary/aromatic N) is 1. The Morgan fingerprint density at radius 1 is 0.542 bits per heavy atom. The minimum atomic E-state index is 0. The van der Waals surface area contributed by atoms with Crippen molar-refractivity contribution in [2.75, 3.05) is 48.8 Å². The molecule has 0 amide bonds. The summed E-state index contributed by atoms with van der Waals surface area (Å²) in [5.74, 6) is 0.